The minimum Gasteiger partial charge on any atom is -0.453 e. The predicted octanol–water partition coefficient (Wildman–Crippen LogP) is 0.0474. The van der Waals surface area contributed by atoms with Crippen LogP contribution in [0.25, 0.3) is 0 Å². The van der Waals surface area contributed by atoms with Gasteiger partial charge in [0.05, 0.1) is 5.69 Å². The fourth-order valence-corrected chi connectivity index (χ4v) is 1.28. The second kappa shape index (κ2) is 5.68. The molecule has 19 heavy (non-hydrogen) atoms. The Morgan fingerprint density at radius 3 is 2.58 bits per heavy atom. The fraction of sp³-hybridized carbons (Fsp3) is 0.273. The first-order valence-corrected chi connectivity index (χ1v) is 5.17. The van der Waals surface area contributed by atoms with Crippen molar-refractivity contribution < 1.29 is 18.8 Å². The van der Waals surface area contributed by atoms with E-state index in [1.807, 2.05) is 0 Å². The molecule has 1 heterocycles. The van der Waals surface area contributed by atoms with Crippen LogP contribution in [0.2, 0.25) is 0 Å². The molecule has 0 aliphatic carbocycles. The van der Waals surface area contributed by atoms with Crippen LogP contribution in [0, 0.1) is 18.3 Å². The number of nitrogens with two attached hydrogens (primary N) is 2. The molecule has 0 radical (unpaired) electrons. The summed E-state index contributed by atoms with van der Waals surface area (Å²) < 4.78 is 9.32. The van der Waals surface area contributed by atoms with Gasteiger partial charge in [0.2, 0.25) is 11.7 Å². The molecule has 8 nitrogen and oxygen atoms in total. The number of hydrogen-bond acceptors (Lipinski definition) is 8. The van der Waals surface area contributed by atoms with Gasteiger partial charge in [0.1, 0.15) is 17.2 Å². The first-order chi connectivity index (χ1) is 8.88. The van der Waals surface area contributed by atoms with Crippen LogP contribution in [0.3, 0.4) is 0 Å². The Bertz CT molecular complexity index is 571. The minimum absolute atomic E-state index is 0.0419. The zero-order chi connectivity index (χ0) is 14.6. The van der Waals surface area contributed by atoms with Gasteiger partial charge in [-0.1, -0.05) is 5.16 Å². The number of allylic oxidation sites excluding steroid dienone is 1. The number of aromatic nitrogens is 1. The van der Waals surface area contributed by atoms with Crippen molar-refractivity contribution in [1.82, 2.24) is 5.16 Å². The van der Waals surface area contributed by atoms with Crippen molar-refractivity contribution in [3.8, 4) is 6.07 Å². The highest BCUT2D eigenvalue weighted by Crippen LogP contribution is 2.16. The number of carbonyl (C=O) groups excluding carboxylic acids is 2. The highest BCUT2D eigenvalue weighted by Gasteiger charge is 2.22. The predicted molar refractivity (Wildman–Crippen MR) is 63.4 cm³/mol. The Hall–Kier alpha value is -2.82. The van der Waals surface area contributed by atoms with Gasteiger partial charge in [-0.3, -0.25) is 4.79 Å². The standard InChI is InChI=1S/C11H12N4O4/c1-5(13)7(3-12)8(16)4-18-11(17)9-6(2)15-19-10(9)14/h4,13-14H2,1-2H3/b7-5-. The molecule has 0 fully saturated rings. The van der Waals surface area contributed by atoms with Gasteiger partial charge in [-0.2, -0.15) is 5.26 Å². The van der Waals surface area contributed by atoms with E-state index in [4.69, 9.17) is 21.5 Å². The average Bonchev–Trinajstić information content (AvgIpc) is 2.66. The summed E-state index contributed by atoms with van der Waals surface area (Å²) in [5.74, 6) is -1.74. The molecule has 8 heteroatoms. The third-order valence-corrected chi connectivity index (χ3v) is 2.21. The molecule has 1 aromatic rings. The van der Waals surface area contributed by atoms with Crippen molar-refractivity contribution >= 4 is 17.6 Å². The molecule has 1 rings (SSSR count). The van der Waals surface area contributed by atoms with Crippen molar-refractivity contribution in [2.45, 2.75) is 13.8 Å². The van der Waals surface area contributed by atoms with Gasteiger partial charge in [0.25, 0.3) is 0 Å². The molecular formula is C11H12N4O4. The van der Waals surface area contributed by atoms with Crippen LogP contribution in [0.4, 0.5) is 5.88 Å². The number of anilines is 1. The van der Waals surface area contributed by atoms with Crippen molar-refractivity contribution in [3.63, 3.8) is 0 Å². The summed E-state index contributed by atoms with van der Waals surface area (Å²) in [6, 6.07) is 1.64. The highest BCUT2D eigenvalue weighted by atomic mass is 16.5. The van der Waals surface area contributed by atoms with Crippen molar-refractivity contribution in [3.05, 3.63) is 22.5 Å². The number of hydrogen-bond donors (Lipinski definition) is 2. The van der Waals surface area contributed by atoms with Gasteiger partial charge in [0.15, 0.2) is 6.61 Å². The molecule has 0 saturated carbocycles. The maximum absolute atomic E-state index is 11.6. The summed E-state index contributed by atoms with van der Waals surface area (Å²) in [6.07, 6.45) is 0. The molecule has 0 aliphatic rings. The van der Waals surface area contributed by atoms with E-state index in [0.717, 1.165) is 0 Å². The van der Waals surface area contributed by atoms with E-state index in [1.165, 1.54) is 13.8 Å². The molecule has 0 aliphatic heterocycles. The van der Waals surface area contributed by atoms with Crippen LogP contribution in [0.1, 0.15) is 23.0 Å². The fourth-order valence-electron chi connectivity index (χ4n) is 1.28. The zero-order valence-corrected chi connectivity index (χ0v) is 10.4. The Labute approximate surface area is 108 Å². The number of aryl methyl sites for hydroxylation is 1. The molecule has 0 atom stereocenters. The van der Waals surface area contributed by atoms with Crippen LogP contribution in [0.15, 0.2) is 15.8 Å². The minimum atomic E-state index is -0.850. The van der Waals surface area contributed by atoms with E-state index in [-0.39, 0.29) is 28.4 Å². The Balaban J connectivity index is 2.74. The lowest BCUT2D eigenvalue weighted by atomic mass is 10.1. The largest absolute Gasteiger partial charge is 0.453 e. The number of ketones is 1. The van der Waals surface area contributed by atoms with Gasteiger partial charge < -0.3 is 20.7 Å². The number of esters is 1. The molecule has 0 spiro atoms. The number of nitrogens with zero attached hydrogens (tertiary/aromatic N) is 2. The topological polar surface area (TPSA) is 145 Å². The number of Topliss-reactive ketones (excluding diaryl/α,β-unsaturated/α-hetero) is 1. The quantitative estimate of drug-likeness (QED) is 0.440. The Morgan fingerprint density at radius 2 is 2.16 bits per heavy atom. The Kier molecular flexibility index (Phi) is 4.26. The van der Waals surface area contributed by atoms with Gasteiger partial charge in [-0.05, 0) is 13.8 Å². The first kappa shape index (κ1) is 14.2. The van der Waals surface area contributed by atoms with Gasteiger partial charge >= 0.3 is 5.97 Å². The van der Waals surface area contributed by atoms with Crippen molar-refractivity contribution in [2.24, 2.45) is 5.73 Å². The summed E-state index contributed by atoms with van der Waals surface area (Å²) in [5, 5.41) is 12.2. The van der Waals surface area contributed by atoms with E-state index in [0.29, 0.717) is 0 Å². The Morgan fingerprint density at radius 1 is 1.53 bits per heavy atom. The van der Waals surface area contributed by atoms with Crippen LogP contribution in [-0.2, 0) is 9.53 Å². The number of rotatable bonds is 4. The zero-order valence-electron chi connectivity index (χ0n) is 10.4. The maximum atomic E-state index is 11.6. The number of ether oxygens (including phenoxy) is 1. The van der Waals surface area contributed by atoms with E-state index in [9.17, 15) is 9.59 Å². The lowest BCUT2D eigenvalue weighted by molar-refractivity contribution is -0.118. The summed E-state index contributed by atoms with van der Waals surface area (Å²) in [4.78, 5) is 23.2. The highest BCUT2D eigenvalue weighted by molar-refractivity contribution is 6.02. The van der Waals surface area contributed by atoms with Gasteiger partial charge in [-0.25, -0.2) is 4.79 Å². The SMILES string of the molecule is C/C(N)=C(\C#N)C(=O)COC(=O)c1c(C)noc1N. The summed E-state index contributed by atoms with van der Waals surface area (Å²) in [7, 11) is 0. The first-order valence-electron chi connectivity index (χ1n) is 5.17. The second-order valence-corrected chi connectivity index (χ2v) is 3.68. The van der Waals surface area contributed by atoms with Crippen LogP contribution < -0.4 is 11.5 Å². The smallest absolute Gasteiger partial charge is 0.346 e. The lowest BCUT2D eigenvalue weighted by Crippen LogP contribution is -2.18. The van der Waals surface area contributed by atoms with Crippen LogP contribution >= 0.6 is 0 Å². The summed E-state index contributed by atoms with van der Waals surface area (Å²) in [6.45, 7) is 2.30. The van der Waals surface area contributed by atoms with E-state index < -0.39 is 18.4 Å². The van der Waals surface area contributed by atoms with Crippen LogP contribution in [0.5, 0.6) is 0 Å². The number of nitrogen functional groups attached to an aromatic ring is 1. The summed E-state index contributed by atoms with van der Waals surface area (Å²) in [5.41, 5.74) is 10.8. The molecule has 0 bridgehead atoms. The monoisotopic (exact) mass is 264 g/mol. The average molecular weight is 264 g/mol. The molecule has 0 aromatic carbocycles. The van der Waals surface area contributed by atoms with Crippen molar-refractivity contribution in [1.29, 1.82) is 5.26 Å². The number of nitriles is 1. The number of carbonyl (C=O) groups is 2. The van der Waals surface area contributed by atoms with Crippen LogP contribution in [-0.4, -0.2) is 23.5 Å². The maximum Gasteiger partial charge on any atom is 0.346 e. The normalized spacial score (nSPS) is 11.4. The second-order valence-electron chi connectivity index (χ2n) is 3.68. The van der Waals surface area contributed by atoms with Gasteiger partial charge in [-0.15, -0.1) is 0 Å². The molecular weight excluding hydrogens is 252 g/mol. The molecule has 0 saturated heterocycles. The third kappa shape index (κ3) is 3.10. The van der Waals surface area contributed by atoms with Crippen molar-refractivity contribution in [2.75, 3.05) is 12.3 Å². The van der Waals surface area contributed by atoms with E-state index >= 15 is 0 Å². The molecule has 0 amide bonds. The lowest BCUT2D eigenvalue weighted by Gasteiger charge is -2.03. The van der Waals surface area contributed by atoms with E-state index in [1.54, 1.807) is 6.07 Å². The van der Waals surface area contributed by atoms with E-state index in [2.05, 4.69) is 9.68 Å². The molecule has 100 valence electrons. The summed E-state index contributed by atoms with van der Waals surface area (Å²) >= 11 is 0. The molecule has 4 N–H and O–H groups in total. The molecule has 0 unspecified atom stereocenters. The third-order valence-electron chi connectivity index (χ3n) is 2.21. The molecule has 1 aromatic heterocycles. The van der Waals surface area contributed by atoms with Gasteiger partial charge in [0, 0.05) is 5.70 Å².